The Morgan fingerprint density at radius 1 is 0.875 bits per heavy atom. The van der Waals surface area contributed by atoms with E-state index in [9.17, 15) is 18.0 Å². The van der Waals surface area contributed by atoms with Gasteiger partial charge in [0.1, 0.15) is 12.6 Å². The van der Waals surface area contributed by atoms with E-state index in [0.29, 0.717) is 12.1 Å². The number of benzene rings is 3. The largest absolute Gasteiger partial charge is 0.352 e. The molecule has 0 saturated heterocycles. The number of amides is 2. The van der Waals surface area contributed by atoms with Crippen LogP contribution in [0.1, 0.15) is 49.4 Å². The number of nitrogens with one attached hydrogen (secondary N) is 1. The Balaban J connectivity index is 2.01. The zero-order chi connectivity index (χ0) is 29.4. The second-order valence-corrected chi connectivity index (χ2v) is 12.3. The van der Waals surface area contributed by atoms with E-state index in [2.05, 4.69) is 5.32 Å². The van der Waals surface area contributed by atoms with Gasteiger partial charge in [-0.2, -0.15) is 0 Å². The van der Waals surface area contributed by atoms with Gasteiger partial charge in [-0.15, -0.1) is 0 Å². The van der Waals surface area contributed by atoms with Gasteiger partial charge in [0.2, 0.25) is 11.8 Å². The van der Waals surface area contributed by atoms with E-state index < -0.39 is 28.5 Å². The summed E-state index contributed by atoms with van der Waals surface area (Å²) in [5.41, 5.74) is 4.00. The lowest BCUT2D eigenvalue weighted by Crippen LogP contribution is -2.53. The molecule has 7 nitrogen and oxygen atoms in total. The van der Waals surface area contributed by atoms with Crippen molar-refractivity contribution in [1.29, 1.82) is 0 Å². The zero-order valence-electron chi connectivity index (χ0n) is 24.3. The minimum Gasteiger partial charge on any atom is -0.352 e. The second kappa shape index (κ2) is 13.6. The molecule has 0 radical (unpaired) electrons. The minimum absolute atomic E-state index is 0.0469. The van der Waals surface area contributed by atoms with Crippen LogP contribution in [0.4, 0.5) is 5.69 Å². The first-order valence-electron chi connectivity index (χ1n) is 13.7. The number of anilines is 1. The zero-order valence-corrected chi connectivity index (χ0v) is 25.2. The molecule has 40 heavy (non-hydrogen) atoms. The molecule has 0 aliphatic heterocycles. The molecular weight excluding hydrogens is 522 g/mol. The lowest BCUT2D eigenvalue weighted by molar-refractivity contribution is -0.139. The number of aryl methyl sites for hydroxylation is 3. The molecule has 214 valence electrons. The summed E-state index contributed by atoms with van der Waals surface area (Å²) in [6.07, 6.45) is 1.29. The summed E-state index contributed by atoms with van der Waals surface area (Å²) in [4.78, 5) is 28.8. The molecule has 0 saturated carbocycles. The van der Waals surface area contributed by atoms with Gasteiger partial charge in [0.05, 0.1) is 10.6 Å². The normalized spacial score (nSPS) is 12.8. The van der Waals surface area contributed by atoms with Gasteiger partial charge >= 0.3 is 0 Å². The molecule has 0 unspecified atom stereocenters. The van der Waals surface area contributed by atoms with Crippen LogP contribution in [0.2, 0.25) is 0 Å². The van der Waals surface area contributed by atoms with E-state index in [4.69, 9.17) is 0 Å². The number of rotatable bonds is 12. The number of nitrogens with zero attached hydrogens (tertiary/aromatic N) is 2. The van der Waals surface area contributed by atoms with Crippen LogP contribution in [0.25, 0.3) is 0 Å². The van der Waals surface area contributed by atoms with E-state index in [0.717, 1.165) is 28.7 Å². The molecule has 3 aromatic carbocycles. The van der Waals surface area contributed by atoms with E-state index in [1.54, 1.807) is 37.3 Å². The van der Waals surface area contributed by atoms with Gasteiger partial charge in [0.25, 0.3) is 10.0 Å². The highest BCUT2D eigenvalue weighted by atomic mass is 32.2. The van der Waals surface area contributed by atoms with Gasteiger partial charge in [-0.05, 0) is 82.3 Å². The number of hydrogen-bond acceptors (Lipinski definition) is 4. The monoisotopic (exact) mass is 563 g/mol. The quantitative estimate of drug-likeness (QED) is 0.329. The summed E-state index contributed by atoms with van der Waals surface area (Å²) in [6.45, 7) is 11.0. The van der Waals surface area contributed by atoms with Crippen molar-refractivity contribution in [2.24, 2.45) is 0 Å². The van der Waals surface area contributed by atoms with Crippen LogP contribution in [0.3, 0.4) is 0 Å². The Labute approximate surface area is 239 Å². The Morgan fingerprint density at radius 2 is 1.50 bits per heavy atom. The molecule has 8 heteroatoms. The third-order valence-corrected chi connectivity index (χ3v) is 8.95. The summed E-state index contributed by atoms with van der Waals surface area (Å²) in [7, 11) is -4.09. The first kappa shape index (κ1) is 30.9. The number of hydrogen-bond donors (Lipinski definition) is 1. The molecule has 0 aromatic heterocycles. The molecule has 0 spiro atoms. The molecule has 0 fully saturated rings. The fourth-order valence-electron chi connectivity index (χ4n) is 4.37. The fraction of sp³-hybridized carbons (Fsp3) is 0.375. The number of carbonyl (C=O) groups is 2. The van der Waals surface area contributed by atoms with E-state index in [1.165, 1.54) is 9.21 Å². The van der Waals surface area contributed by atoms with Crippen molar-refractivity contribution in [2.75, 3.05) is 17.4 Å². The van der Waals surface area contributed by atoms with Crippen LogP contribution < -0.4 is 9.62 Å². The third kappa shape index (κ3) is 7.72. The van der Waals surface area contributed by atoms with Gasteiger partial charge in [0.15, 0.2) is 0 Å². The lowest BCUT2D eigenvalue weighted by Gasteiger charge is -2.33. The molecule has 0 heterocycles. The highest BCUT2D eigenvalue weighted by Gasteiger charge is 2.33. The fourth-order valence-corrected chi connectivity index (χ4v) is 5.85. The van der Waals surface area contributed by atoms with Crippen molar-refractivity contribution in [1.82, 2.24) is 10.2 Å². The van der Waals surface area contributed by atoms with Gasteiger partial charge in [0, 0.05) is 12.6 Å². The smallest absolute Gasteiger partial charge is 0.264 e. The summed E-state index contributed by atoms with van der Waals surface area (Å²) in [6, 6.07) is 21.0. The van der Waals surface area contributed by atoms with Crippen LogP contribution in [0.5, 0.6) is 0 Å². The van der Waals surface area contributed by atoms with E-state index in [-0.39, 0.29) is 23.4 Å². The third-order valence-electron chi connectivity index (χ3n) is 7.17. The van der Waals surface area contributed by atoms with Crippen molar-refractivity contribution in [3.8, 4) is 0 Å². The van der Waals surface area contributed by atoms with Gasteiger partial charge in [-0.25, -0.2) is 8.42 Å². The second-order valence-electron chi connectivity index (χ2n) is 10.4. The van der Waals surface area contributed by atoms with Gasteiger partial charge in [-0.1, -0.05) is 67.1 Å². The first-order valence-corrected chi connectivity index (χ1v) is 15.2. The Morgan fingerprint density at radius 3 is 2.12 bits per heavy atom. The SMILES string of the molecule is CC[C@@H](C)NC(=O)[C@H](C)N(CCc1ccccc1)C(=O)CN(c1cc(C)ccc1C)S(=O)(=O)c1ccc(C)cc1. The Kier molecular flexibility index (Phi) is 10.5. The van der Waals surface area contributed by atoms with Crippen molar-refractivity contribution < 1.29 is 18.0 Å². The molecule has 2 amide bonds. The summed E-state index contributed by atoms with van der Waals surface area (Å²) < 4.78 is 29.2. The van der Waals surface area contributed by atoms with Crippen LogP contribution in [-0.4, -0.2) is 50.3 Å². The standard InChI is InChI=1S/C32H41N3O4S/c1-7-26(5)33-32(37)27(6)34(20-19-28-11-9-8-10-12-28)31(36)22-35(30-21-24(3)13-16-25(30)4)40(38,39)29-17-14-23(2)15-18-29/h8-18,21,26-27H,7,19-20,22H2,1-6H3,(H,33,37)/t26-,27+/m1/s1. The maximum absolute atomic E-state index is 14.0. The summed E-state index contributed by atoms with van der Waals surface area (Å²) in [5.74, 6) is -0.713. The average molecular weight is 564 g/mol. The van der Waals surface area contributed by atoms with Crippen molar-refractivity contribution in [3.05, 3.63) is 95.1 Å². The Hall–Kier alpha value is -3.65. The van der Waals surface area contributed by atoms with E-state index in [1.807, 2.05) is 77.1 Å². The minimum atomic E-state index is -4.09. The maximum Gasteiger partial charge on any atom is 0.264 e. The van der Waals surface area contributed by atoms with Crippen molar-refractivity contribution in [3.63, 3.8) is 0 Å². The molecule has 0 aliphatic carbocycles. The van der Waals surface area contributed by atoms with Crippen LogP contribution in [0.15, 0.2) is 77.7 Å². The highest BCUT2D eigenvalue weighted by molar-refractivity contribution is 7.92. The molecule has 1 N–H and O–H groups in total. The number of sulfonamides is 1. The highest BCUT2D eigenvalue weighted by Crippen LogP contribution is 2.28. The van der Waals surface area contributed by atoms with Crippen LogP contribution >= 0.6 is 0 Å². The van der Waals surface area contributed by atoms with Gasteiger partial charge < -0.3 is 10.2 Å². The maximum atomic E-state index is 14.0. The molecular formula is C32H41N3O4S. The van der Waals surface area contributed by atoms with E-state index >= 15 is 0 Å². The molecule has 3 rings (SSSR count). The summed E-state index contributed by atoms with van der Waals surface area (Å²) in [5, 5.41) is 2.96. The molecule has 0 bridgehead atoms. The molecule has 3 aromatic rings. The van der Waals surface area contributed by atoms with Crippen LogP contribution in [0, 0.1) is 20.8 Å². The topological polar surface area (TPSA) is 86.8 Å². The average Bonchev–Trinajstić information content (AvgIpc) is 2.93. The predicted octanol–water partition coefficient (Wildman–Crippen LogP) is 5.18. The predicted molar refractivity (Wildman–Crippen MR) is 161 cm³/mol. The van der Waals surface area contributed by atoms with Crippen molar-refractivity contribution >= 4 is 27.5 Å². The van der Waals surface area contributed by atoms with Gasteiger partial charge in [-0.3, -0.25) is 13.9 Å². The lowest BCUT2D eigenvalue weighted by atomic mass is 10.1. The van der Waals surface area contributed by atoms with Crippen molar-refractivity contribution in [2.45, 2.75) is 71.4 Å². The number of carbonyl (C=O) groups excluding carboxylic acids is 2. The first-order chi connectivity index (χ1) is 18.9. The molecule has 2 atom stereocenters. The molecule has 0 aliphatic rings. The Bertz CT molecular complexity index is 1410. The summed E-state index contributed by atoms with van der Waals surface area (Å²) >= 11 is 0. The van der Waals surface area contributed by atoms with Crippen LogP contribution in [-0.2, 0) is 26.0 Å².